The molecule has 2 aromatic carbocycles. The number of para-hydroxylation sites is 1. The third-order valence-electron chi connectivity index (χ3n) is 6.74. The van der Waals surface area contributed by atoms with Gasteiger partial charge in [0, 0.05) is 46.7 Å². The Balaban J connectivity index is 1.37. The third-order valence-corrected chi connectivity index (χ3v) is 8.46. The first-order chi connectivity index (χ1) is 17.2. The molecule has 2 aliphatic rings. The molecular weight excluding hydrogens is 472 g/mol. The van der Waals surface area contributed by atoms with Gasteiger partial charge in [0.1, 0.15) is 0 Å². The van der Waals surface area contributed by atoms with E-state index in [0.717, 1.165) is 63.5 Å². The van der Waals surface area contributed by atoms with Crippen LogP contribution in [0.25, 0.3) is 28.2 Å². The van der Waals surface area contributed by atoms with Crippen molar-refractivity contribution in [3.63, 3.8) is 0 Å². The lowest BCUT2D eigenvalue weighted by Gasteiger charge is -2.30. The summed E-state index contributed by atoms with van der Waals surface area (Å²) in [6.45, 7) is 0. The van der Waals surface area contributed by atoms with Crippen molar-refractivity contribution < 1.29 is 4.79 Å². The zero-order valence-corrected chi connectivity index (χ0v) is 21.2. The number of hydrogen-bond donors (Lipinski definition) is 0. The van der Waals surface area contributed by atoms with Crippen LogP contribution in [0.1, 0.15) is 37.7 Å². The largest absolute Gasteiger partial charge is 0.350 e. The molecule has 0 unspecified atom stereocenters. The Labute approximate surface area is 213 Å². The zero-order chi connectivity index (χ0) is 23.8. The molecule has 7 heteroatoms. The van der Waals surface area contributed by atoms with E-state index in [1.54, 1.807) is 0 Å². The summed E-state index contributed by atoms with van der Waals surface area (Å²) >= 11 is 3.00. The van der Waals surface area contributed by atoms with Crippen LogP contribution in [0.4, 0.5) is 5.13 Å². The van der Waals surface area contributed by atoms with Gasteiger partial charge in [-0.3, -0.25) is 9.69 Å². The number of rotatable bonds is 4. The van der Waals surface area contributed by atoms with Crippen LogP contribution in [-0.2, 0) is 11.8 Å². The van der Waals surface area contributed by atoms with Gasteiger partial charge in [0.25, 0.3) is 5.91 Å². The van der Waals surface area contributed by atoms with Gasteiger partial charge < -0.3 is 4.57 Å². The van der Waals surface area contributed by atoms with Gasteiger partial charge in [0.2, 0.25) is 5.13 Å². The zero-order valence-electron chi connectivity index (χ0n) is 19.6. The molecule has 4 aromatic rings. The number of aromatic nitrogens is 2. The highest BCUT2D eigenvalue weighted by Crippen LogP contribution is 2.40. The highest BCUT2D eigenvalue weighted by Gasteiger charge is 2.39. The summed E-state index contributed by atoms with van der Waals surface area (Å²) < 4.78 is 2.11. The Hall–Kier alpha value is -3.16. The summed E-state index contributed by atoms with van der Waals surface area (Å²) in [5.41, 5.74) is 4.21. The monoisotopic (exact) mass is 498 g/mol. The summed E-state index contributed by atoms with van der Waals surface area (Å²) in [5.74, 6) is 0.0634. The van der Waals surface area contributed by atoms with Crippen LogP contribution in [0.5, 0.6) is 0 Å². The van der Waals surface area contributed by atoms with Crippen LogP contribution in [0, 0.1) is 0 Å². The minimum absolute atomic E-state index is 0.0634. The van der Waals surface area contributed by atoms with Crippen molar-refractivity contribution in [3.05, 3.63) is 76.6 Å². The molecule has 35 heavy (non-hydrogen) atoms. The molecule has 1 aliphatic heterocycles. The Morgan fingerprint density at radius 3 is 2.63 bits per heavy atom. The second kappa shape index (κ2) is 9.47. The Bertz CT molecular complexity index is 1440. The molecule has 6 rings (SSSR count). The standard InChI is InChI=1S/C28H26N4OS2/c1-31-17-20(22-14-8-9-15-24(22)31)16-25-26(33)32(21-12-6-3-7-13-21)28(35-25)30-27-29-23(18-34-27)19-10-4-2-5-11-19/h2,4-5,8-11,14-18,21H,3,6-7,12-13H2,1H3/b25-16-,30-28+. The minimum Gasteiger partial charge on any atom is -0.350 e. The Morgan fingerprint density at radius 2 is 1.80 bits per heavy atom. The number of carbonyl (C=O) groups excluding carboxylic acids is 1. The smallest absolute Gasteiger partial charge is 0.267 e. The number of thioether (sulfide) groups is 1. The van der Waals surface area contributed by atoms with Gasteiger partial charge in [-0.1, -0.05) is 67.8 Å². The Morgan fingerprint density at radius 1 is 1.03 bits per heavy atom. The maximum absolute atomic E-state index is 13.7. The van der Waals surface area contributed by atoms with Crippen LogP contribution in [0.2, 0.25) is 0 Å². The SMILES string of the molecule is Cn1cc(/C=C2\S/C(=N/c3nc(-c4ccccc4)cs3)N(C3CCCCC3)C2=O)c2ccccc21. The number of amides is 1. The normalized spacial score (nSPS) is 19.5. The number of fused-ring (bicyclic) bond motifs is 1. The number of benzene rings is 2. The quantitative estimate of drug-likeness (QED) is 0.279. The third kappa shape index (κ3) is 4.34. The van der Waals surface area contributed by atoms with Crippen molar-refractivity contribution in [2.75, 3.05) is 0 Å². The first kappa shape index (κ1) is 22.3. The molecular formula is C28H26N4OS2. The molecule has 0 atom stereocenters. The first-order valence-corrected chi connectivity index (χ1v) is 13.7. The number of thiazole rings is 1. The Kier molecular flexibility index (Phi) is 6.04. The highest BCUT2D eigenvalue weighted by molar-refractivity contribution is 8.18. The molecule has 1 saturated heterocycles. The number of aryl methyl sites for hydroxylation is 1. The lowest BCUT2D eigenvalue weighted by atomic mass is 9.94. The van der Waals surface area contributed by atoms with E-state index >= 15 is 0 Å². The summed E-state index contributed by atoms with van der Waals surface area (Å²) in [7, 11) is 2.04. The molecule has 1 amide bonds. The van der Waals surface area contributed by atoms with E-state index < -0.39 is 0 Å². The molecule has 0 radical (unpaired) electrons. The average Bonchev–Trinajstić information content (AvgIpc) is 3.58. The van der Waals surface area contributed by atoms with E-state index in [2.05, 4.69) is 35.0 Å². The van der Waals surface area contributed by atoms with Gasteiger partial charge in [-0.2, -0.15) is 4.99 Å². The predicted octanol–water partition coefficient (Wildman–Crippen LogP) is 7.24. The lowest BCUT2D eigenvalue weighted by Crippen LogP contribution is -2.40. The fraction of sp³-hybridized carbons (Fsp3) is 0.250. The predicted molar refractivity (Wildman–Crippen MR) is 147 cm³/mol. The maximum Gasteiger partial charge on any atom is 0.267 e. The molecule has 3 heterocycles. The first-order valence-electron chi connectivity index (χ1n) is 12.0. The summed E-state index contributed by atoms with van der Waals surface area (Å²) in [4.78, 5) is 26.1. The fourth-order valence-corrected chi connectivity index (χ4v) is 6.78. The van der Waals surface area contributed by atoms with Crippen molar-refractivity contribution >= 4 is 56.3 Å². The van der Waals surface area contributed by atoms with Crippen LogP contribution in [0.15, 0.2) is 76.1 Å². The summed E-state index contributed by atoms with van der Waals surface area (Å²) in [5, 5.41) is 4.63. The number of aliphatic imine (C=N–C) groups is 1. The van der Waals surface area contributed by atoms with E-state index in [9.17, 15) is 4.79 Å². The van der Waals surface area contributed by atoms with Crippen LogP contribution < -0.4 is 0 Å². The number of nitrogens with zero attached hydrogens (tertiary/aromatic N) is 4. The molecule has 2 fully saturated rings. The van der Waals surface area contributed by atoms with Gasteiger partial charge in [0.15, 0.2) is 5.17 Å². The minimum atomic E-state index is 0.0634. The lowest BCUT2D eigenvalue weighted by molar-refractivity contribution is -0.124. The van der Waals surface area contributed by atoms with E-state index in [1.807, 2.05) is 53.7 Å². The van der Waals surface area contributed by atoms with Gasteiger partial charge in [-0.25, -0.2) is 4.98 Å². The second-order valence-electron chi connectivity index (χ2n) is 9.07. The van der Waals surface area contributed by atoms with Gasteiger partial charge in [0.05, 0.1) is 10.6 Å². The molecule has 2 aromatic heterocycles. The van der Waals surface area contributed by atoms with Gasteiger partial charge >= 0.3 is 0 Å². The molecule has 176 valence electrons. The van der Waals surface area contributed by atoms with Crippen LogP contribution in [0.3, 0.4) is 0 Å². The average molecular weight is 499 g/mol. The number of hydrogen-bond acceptors (Lipinski definition) is 5. The van der Waals surface area contributed by atoms with Gasteiger partial charge in [-0.05, 0) is 36.7 Å². The molecule has 5 nitrogen and oxygen atoms in total. The van der Waals surface area contributed by atoms with Crippen molar-refractivity contribution in [2.45, 2.75) is 38.1 Å². The number of carbonyl (C=O) groups is 1. The summed E-state index contributed by atoms with van der Waals surface area (Å²) in [6, 6.07) is 18.7. The topological polar surface area (TPSA) is 50.5 Å². The molecule has 1 saturated carbocycles. The van der Waals surface area contributed by atoms with E-state index in [4.69, 9.17) is 9.98 Å². The fourth-order valence-electron chi connectivity index (χ4n) is 4.99. The van der Waals surface area contributed by atoms with E-state index in [-0.39, 0.29) is 11.9 Å². The van der Waals surface area contributed by atoms with Gasteiger partial charge in [-0.15, -0.1) is 11.3 Å². The second-order valence-corrected chi connectivity index (χ2v) is 10.9. The van der Waals surface area contributed by atoms with Crippen molar-refractivity contribution in [1.29, 1.82) is 0 Å². The van der Waals surface area contributed by atoms with Crippen molar-refractivity contribution in [3.8, 4) is 11.3 Å². The molecule has 1 aliphatic carbocycles. The molecule has 0 bridgehead atoms. The maximum atomic E-state index is 13.7. The molecule has 0 spiro atoms. The highest BCUT2D eigenvalue weighted by atomic mass is 32.2. The van der Waals surface area contributed by atoms with E-state index in [1.165, 1.54) is 29.5 Å². The molecule has 0 N–H and O–H groups in total. The van der Waals surface area contributed by atoms with Crippen molar-refractivity contribution in [1.82, 2.24) is 14.5 Å². The van der Waals surface area contributed by atoms with E-state index in [0.29, 0.717) is 5.13 Å². The van der Waals surface area contributed by atoms with Crippen LogP contribution in [-0.4, -0.2) is 31.6 Å². The number of amidine groups is 1. The van der Waals surface area contributed by atoms with Crippen molar-refractivity contribution in [2.24, 2.45) is 12.0 Å². The van der Waals surface area contributed by atoms with Crippen LogP contribution >= 0.6 is 23.1 Å². The summed E-state index contributed by atoms with van der Waals surface area (Å²) in [6.07, 6.45) is 9.74.